The largest absolute Gasteiger partial charge is 0.370 e. The molecule has 0 aromatic rings. The summed E-state index contributed by atoms with van der Waals surface area (Å²) in [4.78, 5) is 17.9. The zero-order chi connectivity index (χ0) is 20.9. The summed E-state index contributed by atoms with van der Waals surface area (Å²) in [6, 6.07) is 0. The molecule has 1 radical (unpaired) electrons. The monoisotopic (exact) mass is 374 g/mol. The fourth-order valence-corrected chi connectivity index (χ4v) is 2.03. The Balaban J connectivity index is -0.000000154. The fraction of sp³-hybridized carbons (Fsp3) is 0.905. The highest BCUT2D eigenvalue weighted by Crippen LogP contribution is 2.09. The Hall–Kier alpha value is -0.940. The smallest absolute Gasteiger partial charge is 0.214 e. The lowest BCUT2D eigenvalue weighted by molar-refractivity contribution is -0.115. The summed E-state index contributed by atoms with van der Waals surface area (Å²) < 4.78 is 0. The molecule has 5 nitrogen and oxygen atoms in total. The second-order valence-electron chi connectivity index (χ2n) is 6.28. The van der Waals surface area contributed by atoms with Crippen molar-refractivity contribution in [2.24, 2.45) is 17.2 Å². The van der Waals surface area contributed by atoms with Gasteiger partial charge in [-0.05, 0) is 25.9 Å². The van der Waals surface area contributed by atoms with E-state index in [1.54, 1.807) is 0 Å². The van der Waals surface area contributed by atoms with Crippen molar-refractivity contribution in [1.29, 1.82) is 0 Å². The zero-order valence-corrected chi connectivity index (χ0v) is 18.2. The van der Waals surface area contributed by atoms with Crippen LogP contribution in [-0.4, -0.2) is 25.3 Å². The molecule has 0 aliphatic heterocycles. The summed E-state index contributed by atoms with van der Waals surface area (Å²) in [5, 5.41) is 0. The maximum absolute atomic E-state index is 9.22. The van der Waals surface area contributed by atoms with Crippen molar-refractivity contribution in [3.8, 4) is 0 Å². The molecule has 0 atom stereocenters. The fourth-order valence-electron chi connectivity index (χ4n) is 2.03. The van der Waals surface area contributed by atoms with E-state index in [1.807, 2.05) is 0 Å². The van der Waals surface area contributed by atoms with Gasteiger partial charge in [0.2, 0.25) is 5.91 Å². The van der Waals surface area contributed by atoms with E-state index in [1.165, 1.54) is 104 Å². The first kappa shape index (κ1) is 32.7. The van der Waals surface area contributed by atoms with Gasteiger partial charge in [0.05, 0.1) is 0 Å². The van der Waals surface area contributed by atoms with Crippen LogP contribution in [0.1, 0.15) is 111 Å². The molecule has 0 rings (SSSR count). The van der Waals surface area contributed by atoms with Crippen molar-refractivity contribution in [1.82, 2.24) is 0 Å². The lowest BCUT2D eigenvalue weighted by Gasteiger charge is -2.00. The number of carbonyl (C=O) groups excluding carboxylic acids is 2. The molecule has 0 aliphatic rings. The third kappa shape index (κ3) is 77.2. The van der Waals surface area contributed by atoms with E-state index in [4.69, 9.17) is 16.3 Å². The van der Waals surface area contributed by atoms with Crippen LogP contribution in [0.4, 0.5) is 0 Å². The molecule has 0 fully saturated rings. The van der Waals surface area contributed by atoms with E-state index in [0.717, 1.165) is 13.1 Å². The molecule has 1 amide bonds. The highest BCUT2D eigenvalue weighted by Gasteiger charge is 1.91. The summed E-state index contributed by atoms with van der Waals surface area (Å²) in [7, 11) is 0. The Morgan fingerprint density at radius 3 is 1.12 bits per heavy atom. The predicted molar refractivity (Wildman–Crippen MR) is 116 cm³/mol. The number of hydrogen-bond acceptors (Lipinski definition) is 4. The first-order valence-corrected chi connectivity index (χ1v) is 10.4. The third-order valence-corrected chi connectivity index (χ3v) is 3.37. The van der Waals surface area contributed by atoms with E-state index in [9.17, 15) is 4.79 Å². The quantitative estimate of drug-likeness (QED) is 0.408. The van der Waals surface area contributed by atoms with Gasteiger partial charge >= 0.3 is 0 Å². The van der Waals surface area contributed by atoms with Gasteiger partial charge in [-0.15, -0.1) is 0 Å². The minimum atomic E-state index is -0.333. The molecular formula is C21H48N3O2. The summed E-state index contributed by atoms with van der Waals surface area (Å²) in [6.07, 6.45) is 19.2. The summed E-state index contributed by atoms with van der Waals surface area (Å²) in [5.41, 5.74) is 15.1. The van der Waals surface area contributed by atoms with Crippen molar-refractivity contribution in [2.75, 3.05) is 13.1 Å². The van der Waals surface area contributed by atoms with Gasteiger partial charge in [-0.3, -0.25) is 9.59 Å². The molecule has 0 saturated carbocycles. The number of carbonyl (C=O) groups is 1. The molecule has 159 valence electrons. The number of amides is 1. The predicted octanol–water partition coefficient (Wildman–Crippen LogP) is 4.61. The van der Waals surface area contributed by atoms with Gasteiger partial charge in [0.15, 0.2) is 6.29 Å². The Kier molecular flexibility index (Phi) is 49.3. The first-order chi connectivity index (χ1) is 12.5. The average Bonchev–Trinajstić information content (AvgIpc) is 2.59. The third-order valence-electron chi connectivity index (χ3n) is 3.37. The minimum Gasteiger partial charge on any atom is -0.370 e. The van der Waals surface area contributed by atoms with Gasteiger partial charge in [-0.25, -0.2) is 0 Å². The van der Waals surface area contributed by atoms with E-state index < -0.39 is 0 Å². The van der Waals surface area contributed by atoms with Crippen LogP contribution < -0.4 is 17.2 Å². The normalized spacial score (nSPS) is 8.85. The molecule has 6 N–H and O–H groups in total. The second kappa shape index (κ2) is 39.2. The molecule has 26 heavy (non-hydrogen) atoms. The topological polar surface area (TPSA) is 112 Å². The number of unbranched alkanes of at least 4 members (excludes halogenated alkanes) is 11. The van der Waals surface area contributed by atoms with Crippen LogP contribution in [0, 0.1) is 0 Å². The van der Waals surface area contributed by atoms with Crippen LogP contribution in [0.15, 0.2) is 0 Å². The minimum absolute atomic E-state index is 0.333. The van der Waals surface area contributed by atoms with E-state index in [-0.39, 0.29) is 5.91 Å². The number of rotatable bonds is 13. The second-order valence-corrected chi connectivity index (χ2v) is 6.28. The van der Waals surface area contributed by atoms with Gasteiger partial charge in [-0.1, -0.05) is 84.5 Å². The average molecular weight is 375 g/mol. The molecule has 0 heterocycles. The van der Waals surface area contributed by atoms with Crippen LogP contribution in [0.5, 0.6) is 0 Å². The van der Waals surface area contributed by atoms with Crippen LogP contribution in [-0.2, 0) is 9.59 Å². The van der Waals surface area contributed by atoms with E-state index >= 15 is 0 Å². The van der Waals surface area contributed by atoms with Crippen molar-refractivity contribution < 1.29 is 9.59 Å². The Labute approximate surface area is 163 Å². The molecule has 0 saturated heterocycles. The van der Waals surface area contributed by atoms with Crippen molar-refractivity contribution in [2.45, 2.75) is 111 Å². The molecule has 0 bridgehead atoms. The van der Waals surface area contributed by atoms with Crippen LogP contribution >= 0.6 is 0 Å². The Morgan fingerprint density at radius 2 is 0.885 bits per heavy atom. The number of hydrogen-bond donors (Lipinski definition) is 3. The maximum Gasteiger partial charge on any atom is 0.214 e. The maximum atomic E-state index is 9.22. The highest BCUT2D eigenvalue weighted by molar-refractivity contribution is 5.70. The molecule has 0 unspecified atom stereocenters. The lowest BCUT2D eigenvalue weighted by atomic mass is 10.1. The summed E-state index contributed by atoms with van der Waals surface area (Å²) in [6.45, 7) is 8.80. The van der Waals surface area contributed by atoms with Crippen LogP contribution in [0.3, 0.4) is 0 Å². The first-order valence-electron chi connectivity index (χ1n) is 10.4. The van der Waals surface area contributed by atoms with Crippen LogP contribution in [0.2, 0.25) is 0 Å². The lowest BCUT2D eigenvalue weighted by Crippen LogP contribution is -2.01. The van der Waals surface area contributed by atoms with Crippen LogP contribution in [0.25, 0.3) is 0 Å². The van der Waals surface area contributed by atoms with Crippen molar-refractivity contribution in [3.05, 3.63) is 0 Å². The van der Waals surface area contributed by atoms with Gasteiger partial charge < -0.3 is 17.2 Å². The molecule has 0 aromatic heterocycles. The van der Waals surface area contributed by atoms with Gasteiger partial charge in [-0.2, -0.15) is 0 Å². The molecule has 5 heteroatoms. The molecule has 0 spiro atoms. The molecule has 0 aliphatic carbocycles. The van der Waals surface area contributed by atoms with E-state index in [0.29, 0.717) is 0 Å². The summed E-state index contributed by atoms with van der Waals surface area (Å²) >= 11 is 0. The number of primary amides is 1. The SMILES string of the molecule is CC(N)=O.CCCCCCCCCCCCN.CCCCCN.C[C]=O. The Morgan fingerprint density at radius 1 is 0.692 bits per heavy atom. The summed E-state index contributed by atoms with van der Waals surface area (Å²) in [5.74, 6) is -0.333. The van der Waals surface area contributed by atoms with Gasteiger partial charge in [0, 0.05) is 13.8 Å². The Bertz CT molecular complexity index is 219. The van der Waals surface area contributed by atoms with Crippen molar-refractivity contribution in [3.63, 3.8) is 0 Å². The number of nitrogens with two attached hydrogens (primary N) is 3. The van der Waals surface area contributed by atoms with E-state index in [2.05, 4.69) is 19.6 Å². The molecule has 0 aromatic carbocycles. The van der Waals surface area contributed by atoms with Crippen molar-refractivity contribution >= 4 is 12.2 Å². The van der Waals surface area contributed by atoms with Gasteiger partial charge in [0.25, 0.3) is 0 Å². The molecular weight excluding hydrogens is 326 g/mol. The van der Waals surface area contributed by atoms with Gasteiger partial charge in [0.1, 0.15) is 0 Å². The zero-order valence-electron chi connectivity index (χ0n) is 18.2. The highest BCUT2D eigenvalue weighted by atomic mass is 16.1. The standard InChI is InChI=1S/C12H27N.C5H13N.C2H5NO.C2H3O/c1-2-3-4-5-6-7-8-9-10-11-12-13;1-2-3-4-5-6;1-2(3)4;1-2-3/h2-13H2,1H3;2-6H2,1H3;1H3,(H2,3,4);1H3.